The molecular weight excluding hydrogens is 170 g/mol. The van der Waals surface area contributed by atoms with Crippen LogP contribution in [0.15, 0.2) is 5.29 Å². The van der Waals surface area contributed by atoms with Gasteiger partial charge >= 0.3 is 6.03 Å². The molecule has 0 aliphatic rings. The molecule has 11 heavy (non-hydrogen) atoms. The first kappa shape index (κ1) is 10.2. The molecule has 5 nitrogen and oxygen atoms in total. The number of alkyl halides is 1. The molecule has 64 valence electrons. The van der Waals surface area contributed by atoms with E-state index in [2.05, 4.69) is 10.6 Å². The summed E-state index contributed by atoms with van der Waals surface area (Å²) < 4.78 is 0. The highest BCUT2D eigenvalue weighted by Crippen LogP contribution is 1.90. The number of hydrogen-bond donors (Lipinski definition) is 1. The van der Waals surface area contributed by atoms with Crippen molar-refractivity contribution in [3.8, 4) is 0 Å². The van der Waals surface area contributed by atoms with Crippen molar-refractivity contribution in [2.75, 3.05) is 19.0 Å². The number of carbonyl (C=O) groups excluding carboxylic acids is 1. The standard InChI is InChI=1S/C5H10ClN3O2/c1-2-7-5(10)9(8-11)4-3-6/h2-4H2,1H3,(H,7,10). The van der Waals surface area contributed by atoms with E-state index in [1.807, 2.05) is 0 Å². The van der Waals surface area contributed by atoms with E-state index in [1.165, 1.54) is 0 Å². The van der Waals surface area contributed by atoms with Gasteiger partial charge in [-0.05, 0) is 6.92 Å². The normalized spacial score (nSPS) is 8.91. The van der Waals surface area contributed by atoms with E-state index in [1.54, 1.807) is 6.92 Å². The first-order valence-electron chi connectivity index (χ1n) is 3.20. The van der Waals surface area contributed by atoms with Gasteiger partial charge in [0.1, 0.15) is 0 Å². The number of carbonyl (C=O) groups is 1. The fourth-order valence-electron chi connectivity index (χ4n) is 0.502. The fourth-order valence-corrected chi connectivity index (χ4v) is 0.662. The summed E-state index contributed by atoms with van der Waals surface area (Å²) >= 11 is 5.30. The van der Waals surface area contributed by atoms with E-state index >= 15 is 0 Å². The molecule has 0 aromatic heterocycles. The van der Waals surface area contributed by atoms with Crippen molar-refractivity contribution in [1.29, 1.82) is 0 Å². The molecule has 0 unspecified atom stereocenters. The van der Waals surface area contributed by atoms with Crippen LogP contribution in [0.4, 0.5) is 4.79 Å². The molecule has 0 aliphatic carbocycles. The lowest BCUT2D eigenvalue weighted by molar-refractivity contribution is 0.203. The quantitative estimate of drug-likeness (QED) is 0.397. The number of urea groups is 1. The predicted octanol–water partition coefficient (Wildman–Crippen LogP) is 0.938. The minimum atomic E-state index is -0.511. The molecule has 0 atom stereocenters. The monoisotopic (exact) mass is 179 g/mol. The Hall–Kier alpha value is -0.840. The molecule has 0 saturated heterocycles. The summed E-state index contributed by atoms with van der Waals surface area (Å²) in [6.07, 6.45) is 0. The SMILES string of the molecule is CCNC(=O)N(CCCl)N=O. The van der Waals surface area contributed by atoms with Gasteiger partial charge in [0.05, 0.1) is 11.8 Å². The van der Waals surface area contributed by atoms with Gasteiger partial charge in [-0.2, -0.15) is 5.01 Å². The molecule has 0 spiro atoms. The second kappa shape index (κ2) is 5.91. The largest absolute Gasteiger partial charge is 0.340 e. The Morgan fingerprint density at radius 3 is 2.73 bits per heavy atom. The Morgan fingerprint density at radius 2 is 2.36 bits per heavy atom. The molecule has 0 aromatic carbocycles. The van der Waals surface area contributed by atoms with Crippen molar-refractivity contribution < 1.29 is 4.79 Å². The molecule has 0 fully saturated rings. The van der Waals surface area contributed by atoms with Gasteiger partial charge in [0, 0.05) is 12.4 Å². The Morgan fingerprint density at radius 1 is 1.73 bits per heavy atom. The average Bonchev–Trinajstić information content (AvgIpc) is 2.00. The van der Waals surface area contributed by atoms with Gasteiger partial charge in [-0.25, -0.2) is 4.79 Å². The van der Waals surface area contributed by atoms with Gasteiger partial charge in [0.25, 0.3) is 0 Å². The first-order valence-corrected chi connectivity index (χ1v) is 3.74. The third kappa shape index (κ3) is 3.77. The topological polar surface area (TPSA) is 61.8 Å². The minimum absolute atomic E-state index is 0.136. The molecule has 0 bridgehead atoms. The number of nitrogens with zero attached hydrogens (tertiary/aromatic N) is 2. The van der Waals surface area contributed by atoms with Crippen LogP contribution in [0.25, 0.3) is 0 Å². The van der Waals surface area contributed by atoms with Gasteiger partial charge in [-0.15, -0.1) is 16.5 Å². The molecule has 1 N–H and O–H groups in total. The maximum atomic E-state index is 10.8. The lowest BCUT2D eigenvalue weighted by Crippen LogP contribution is -2.37. The minimum Gasteiger partial charge on any atom is -0.337 e. The van der Waals surface area contributed by atoms with Crippen LogP contribution in [-0.2, 0) is 0 Å². The van der Waals surface area contributed by atoms with E-state index in [9.17, 15) is 9.70 Å². The van der Waals surface area contributed by atoms with Crippen LogP contribution in [-0.4, -0.2) is 30.0 Å². The second-order valence-electron chi connectivity index (χ2n) is 1.73. The summed E-state index contributed by atoms with van der Waals surface area (Å²) in [7, 11) is 0. The van der Waals surface area contributed by atoms with Crippen molar-refractivity contribution in [2.45, 2.75) is 6.92 Å². The van der Waals surface area contributed by atoms with Crippen molar-refractivity contribution in [2.24, 2.45) is 5.29 Å². The van der Waals surface area contributed by atoms with Crippen molar-refractivity contribution in [3.05, 3.63) is 4.91 Å². The Kier molecular flexibility index (Phi) is 5.46. The van der Waals surface area contributed by atoms with Crippen LogP contribution in [0, 0.1) is 4.91 Å². The van der Waals surface area contributed by atoms with Crippen LogP contribution in [0.1, 0.15) is 6.92 Å². The molecular formula is C5H10ClN3O2. The van der Waals surface area contributed by atoms with Crippen LogP contribution in [0.5, 0.6) is 0 Å². The molecule has 0 radical (unpaired) electrons. The molecule has 0 rings (SSSR count). The van der Waals surface area contributed by atoms with E-state index in [0.717, 1.165) is 5.01 Å². The van der Waals surface area contributed by atoms with E-state index in [-0.39, 0.29) is 12.4 Å². The van der Waals surface area contributed by atoms with E-state index < -0.39 is 6.03 Å². The molecule has 0 aliphatic heterocycles. The molecule has 0 heterocycles. The zero-order valence-electron chi connectivity index (χ0n) is 6.21. The maximum Gasteiger partial charge on any atom is 0.340 e. The number of hydrogen-bond acceptors (Lipinski definition) is 3. The van der Waals surface area contributed by atoms with Crippen molar-refractivity contribution in [1.82, 2.24) is 10.3 Å². The third-order valence-electron chi connectivity index (χ3n) is 0.957. The number of nitrogens with one attached hydrogen (secondary N) is 1. The van der Waals surface area contributed by atoms with E-state index in [0.29, 0.717) is 6.54 Å². The number of rotatable bonds is 4. The summed E-state index contributed by atoms with van der Waals surface area (Å²) in [6.45, 7) is 2.35. The van der Waals surface area contributed by atoms with Gasteiger partial charge in [-0.3, -0.25) is 0 Å². The Labute approximate surface area is 69.6 Å². The maximum absolute atomic E-state index is 10.8. The third-order valence-corrected chi connectivity index (χ3v) is 1.13. The first-order chi connectivity index (χ1) is 5.26. The highest BCUT2D eigenvalue weighted by Gasteiger charge is 2.10. The summed E-state index contributed by atoms with van der Waals surface area (Å²) in [5.74, 6) is 0.197. The number of amides is 2. The van der Waals surface area contributed by atoms with Crippen LogP contribution in [0.3, 0.4) is 0 Å². The molecule has 0 saturated carbocycles. The summed E-state index contributed by atoms with van der Waals surface area (Å²) in [5.41, 5.74) is 0. The summed E-state index contributed by atoms with van der Waals surface area (Å²) in [6, 6.07) is -0.511. The average molecular weight is 180 g/mol. The highest BCUT2D eigenvalue weighted by atomic mass is 35.5. The van der Waals surface area contributed by atoms with Gasteiger partial charge in [-0.1, -0.05) is 0 Å². The second-order valence-corrected chi connectivity index (χ2v) is 2.11. The highest BCUT2D eigenvalue weighted by molar-refractivity contribution is 6.18. The Balaban J connectivity index is 3.81. The van der Waals surface area contributed by atoms with E-state index in [4.69, 9.17) is 11.6 Å². The van der Waals surface area contributed by atoms with Crippen LogP contribution < -0.4 is 5.32 Å². The molecule has 2 amide bonds. The van der Waals surface area contributed by atoms with Crippen LogP contribution in [0.2, 0.25) is 0 Å². The molecule has 6 heteroatoms. The van der Waals surface area contributed by atoms with Crippen molar-refractivity contribution in [3.63, 3.8) is 0 Å². The van der Waals surface area contributed by atoms with Crippen molar-refractivity contribution >= 4 is 17.6 Å². The van der Waals surface area contributed by atoms with Gasteiger partial charge in [0.15, 0.2) is 0 Å². The lowest BCUT2D eigenvalue weighted by Gasteiger charge is -2.10. The Bertz CT molecular complexity index is 142. The smallest absolute Gasteiger partial charge is 0.337 e. The van der Waals surface area contributed by atoms with Gasteiger partial charge in [0.2, 0.25) is 0 Å². The predicted molar refractivity (Wildman–Crippen MR) is 42.3 cm³/mol. The van der Waals surface area contributed by atoms with Gasteiger partial charge < -0.3 is 5.32 Å². The zero-order valence-corrected chi connectivity index (χ0v) is 6.97. The summed E-state index contributed by atoms with van der Waals surface area (Å²) in [5, 5.41) is 5.65. The summed E-state index contributed by atoms with van der Waals surface area (Å²) in [4.78, 5) is 20.8. The lowest BCUT2D eigenvalue weighted by atomic mass is 10.6. The molecule has 0 aromatic rings. The number of nitroso groups, excluding NO2 is 1. The zero-order chi connectivity index (χ0) is 8.69. The number of halogens is 1. The fraction of sp³-hybridized carbons (Fsp3) is 0.800. The van der Waals surface area contributed by atoms with Crippen LogP contribution >= 0.6 is 11.6 Å².